The lowest BCUT2D eigenvalue weighted by Gasteiger charge is -2.08. The smallest absolute Gasteiger partial charge is 0.0620 e. The maximum atomic E-state index is 2.44. The molecule has 0 aliphatic carbocycles. The van der Waals surface area contributed by atoms with E-state index in [0.717, 1.165) is 0 Å². The Morgan fingerprint density at radius 3 is 1.57 bits per heavy atom. The third-order valence-corrected chi connectivity index (χ3v) is 8.24. The first kappa shape index (κ1) is 22.9. The van der Waals surface area contributed by atoms with Crippen molar-refractivity contribution < 1.29 is 0 Å². The van der Waals surface area contributed by atoms with Crippen molar-refractivity contribution in [3.05, 3.63) is 133 Å². The molecule has 2 heteroatoms. The van der Waals surface area contributed by atoms with Gasteiger partial charge in [-0.05, 0) is 59.7 Å². The number of hydrogen-bond donors (Lipinski definition) is 0. The van der Waals surface area contributed by atoms with Crippen molar-refractivity contribution in [2.45, 2.75) is 13.8 Å². The Labute approximate surface area is 232 Å². The second-order valence-corrected chi connectivity index (χ2v) is 10.2. The Balaban J connectivity index is 0.00000120. The molecule has 0 aliphatic rings. The minimum atomic E-state index is 1.19. The summed E-state index contributed by atoms with van der Waals surface area (Å²) in [7, 11) is 0. The summed E-state index contributed by atoms with van der Waals surface area (Å²) < 4.78 is 4.81. The molecule has 0 fully saturated rings. The molecule has 3 heterocycles. The zero-order chi connectivity index (χ0) is 26.8. The quantitative estimate of drug-likeness (QED) is 0.218. The number of hydrogen-bond acceptors (Lipinski definition) is 0. The van der Waals surface area contributed by atoms with Crippen LogP contribution in [0.15, 0.2) is 133 Å². The summed E-state index contributed by atoms with van der Waals surface area (Å²) in [6, 6.07) is 48.7. The van der Waals surface area contributed by atoms with E-state index in [0.29, 0.717) is 0 Å². The lowest BCUT2D eigenvalue weighted by Crippen LogP contribution is -1.92. The average molecular weight is 513 g/mol. The highest BCUT2D eigenvalue weighted by Crippen LogP contribution is 2.41. The Bertz CT molecular complexity index is 2330. The van der Waals surface area contributed by atoms with E-state index in [9.17, 15) is 0 Å². The van der Waals surface area contributed by atoms with E-state index in [4.69, 9.17) is 0 Å². The van der Waals surface area contributed by atoms with Crippen molar-refractivity contribution in [3.8, 4) is 16.8 Å². The largest absolute Gasteiger partial charge is 0.309 e. The van der Waals surface area contributed by atoms with Crippen molar-refractivity contribution in [2.24, 2.45) is 0 Å². The van der Waals surface area contributed by atoms with Gasteiger partial charge < -0.3 is 8.97 Å². The predicted octanol–water partition coefficient (Wildman–Crippen LogP) is 10.6. The molecule has 0 spiro atoms. The first-order valence-corrected chi connectivity index (χ1v) is 14.1. The van der Waals surface area contributed by atoms with E-state index in [-0.39, 0.29) is 0 Å². The summed E-state index contributed by atoms with van der Waals surface area (Å²) in [5, 5.41) is 7.83. The summed E-state index contributed by atoms with van der Waals surface area (Å²) in [6.07, 6.45) is 0. The van der Waals surface area contributed by atoms with Crippen molar-refractivity contribution in [3.63, 3.8) is 0 Å². The second-order valence-electron chi connectivity index (χ2n) is 10.2. The van der Waals surface area contributed by atoms with Gasteiger partial charge in [0.1, 0.15) is 0 Å². The monoisotopic (exact) mass is 512 g/mol. The number of nitrogens with zero attached hydrogens (tertiary/aromatic N) is 2. The van der Waals surface area contributed by atoms with Gasteiger partial charge in [0.05, 0.1) is 27.6 Å². The van der Waals surface area contributed by atoms with Crippen LogP contribution in [0.4, 0.5) is 0 Å². The Hall–Kier alpha value is -5.08. The zero-order valence-corrected chi connectivity index (χ0v) is 22.6. The topological polar surface area (TPSA) is 9.34 Å². The van der Waals surface area contributed by atoms with E-state index in [1.165, 1.54) is 76.7 Å². The molecule has 9 aromatic rings. The van der Waals surface area contributed by atoms with Gasteiger partial charge in [0.25, 0.3) is 0 Å². The average Bonchev–Trinajstić information content (AvgIpc) is 3.67. The van der Waals surface area contributed by atoms with Gasteiger partial charge in [0, 0.05) is 38.0 Å². The van der Waals surface area contributed by atoms with E-state index >= 15 is 0 Å². The Morgan fingerprint density at radius 2 is 0.850 bits per heavy atom. The lowest BCUT2D eigenvalue weighted by molar-refractivity contribution is 1.18. The van der Waals surface area contributed by atoms with Crippen LogP contribution < -0.4 is 0 Å². The number of rotatable bonds is 2. The van der Waals surface area contributed by atoms with Crippen LogP contribution in [-0.4, -0.2) is 8.97 Å². The van der Waals surface area contributed by atoms with Gasteiger partial charge in [-0.15, -0.1) is 0 Å². The molecule has 0 saturated heterocycles. The van der Waals surface area contributed by atoms with Crippen molar-refractivity contribution in [1.82, 2.24) is 8.97 Å². The molecule has 0 amide bonds. The first-order chi connectivity index (χ1) is 19.9. The molecule has 9 rings (SSSR count). The summed E-state index contributed by atoms with van der Waals surface area (Å²) in [5.41, 5.74) is 10.00. The SMILES string of the molecule is CC.c1ccc(-n2c3ccccc3c3cc(-c4ccc5c(c4)c4cccc6c7ccccc7n5c64)ccc32)cc1. The molecule has 6 aromatic carbocycles. The molecule has 3 aromatic heterocycles. The lowest BCUT2D eigenvalue weighted by atomic mass is 10.00. The van der Waals surface area contributed by atoms with Crippen LogP contribution >= 0.6 is 0 Å². The Morgan fingerprint density at radius 1 is 0.375 bits per heavy atom. The number of para-hydroxylation sites is 4. The highest BCUT2D eigenvalue weighted by molar-refractivity contribution is 6.23. The molecule has 0 N–H and O–H groups in total. The minimum absolute atomic E-state index is 1.19. The van der Waals surface area contributed by atoms with Gasteiger partial charge in [-0.2, -0.15) is 0 Å². The van der Waals surface area contributed by atoms with Crippen LogP contribution in [0, 0.1) is 0 Å². The van der Waals surface area contributed by atoms with E-state index in [1.807, 2.05) is 13.8 Å². The summed E-state index contributed by atoms with van der Waals surface area (Å²) in [5.74, 6) is 0. The normalized spacial score (nSPS) is 11.8. The molecular formula is C38H28N2. The highest BCUT2D eigenvalue weighted by Gasteiger charge is 2.18. The van der Waals surface area contributed by atoms with Crippen LogP contribution in [-0.2, 0) is 0 Å². The van der Waals surface area contributed by atoms with E-state index in [2.05, 4.69) is 142 Å². The van der Waals surface area contributed by atoms with Crippen LogP contribution in [0.2, 0.25) is 0 Å². The van der Waals surface area contributed by atoms with Crippen LogP contribution in [0.25, 0.3) is 76.7 Å². The Kier molecular flexibility index (Phi) is 4.99. The fourth-order valence-corrected chi connectivity index (χ4v) is 6.62. The summed E-state index contributed by atoms with van der Waals surface area (Å²) in [6.45, 7) is 4.00. The van der Waals surface area contributed by atoms with Crippen molar-refractivity contribution >= 4 is 59.9 Å². The molecule has 2 nitrogen and oxygen atoms in total. The van der Waals surface area contributed by atoms with Gasteiger partial charge in [-0.1, -0.05) is 98.8 Å². The van der Waals surface area contributed by atoms with Gasteiger partial charge in [-0.3, -0.25) is 0 Å². The predicted molar refractivity (Wildman–Crippen MR) is 172 cm³/mol. The molecule has 0 aliphatic heterocycles. The third-order valence-electron chi connectivity index (χ3n) is 8.24. The number of fused-ring (bicyclic) bond motifs is 9. The maximum absolute atomic E-state index is 2.44. The third kappa shape index (κ3) is 3.05. The highest BCUT2D eigenvalue weighted by atomic mass is 15.0. The standard InChI is InChI=1S/C36H22N2.C2H6/c1-2-9-25(10-3-1)37-32-15-6-5-12-27(32)30-21-23(17-19-34(30)37)24-18-20-35-31(22-24)29-14-8-13-28-26-11-4-7-16-33(26)38(35)36(28)29;1-2/h1-22H;1-2H3. The molecule has 0 atom stereocenters. The van der Waals surface area contributed by atoms with Crippen LogP contribution in [0.1, 0.15) is 13.8 Å². The molecule has 0 saturated carbocycles. The van der Waals surface area contributed by atoms with Gasteiger partial charge in [0.15, 0.2) is 0 Å². The fraction of sp³-hybridized carbons (Fsp3) is 0.0526. The molecular weight excluding hydrogens is 484 g/mol. The second kappa shape index (κ2) is 8.72. The number of aromatic nitrogens is 2. The van der Waals surface area contributed by atoms with Gasteiger partial charge >= 0.3 is 0 Å². The molecule has 190 valence electrons. The molecule has 0 unspecified atom stereocenters. The van der Waals surface area contributed by atoms with Gasteiger partial charge in [0.2, 0.25) is 0 Å². The van der Waals surface area contributed by atoms with Crippen molar-refractivity contribution in [2.75, 3.05) is 0 Å². The molecule has 40 heavy (non-hydrogen) atoms. The zero-order valence-electron chi connectivity index (χ0n) is 22.6. The minimum Gasteiger partial charge on any atom is -0.309 e. The number of benzene rings is 6. The van der Waals surface area contributed by atoms with Gasteiger partial charge in [-0.25, -0.2) is 0 Å². The summed E-state index contributed by atoms with van der Waals surface area (Å²) >= 11 is 0. The van der Waals surface area contributed by atoms with Crippen molar-refractivity contribution in [1.29, 1.82) is 0 Å². The van der Waals surface area contributed by atoms with E-state index < -0.39 is 0 Å². The molecule has 0 bridgehead atoms. The summed E-state index contributed by atoms with van der Waals surface area (Å²) in [4.78, 5) is 0. The first-order valence-electron chi connectivity index (χ1n) is 14.1. The van der Waals surface area contributed by atoms with Crippen LogP contribution in [0.5, 0.6) is 0 Å². The maximum Gasteiger partial charge on any atom is 0.0620 e. The molecule has 0 radical (unpaired) electrons. The fourth-order valence-electron chi connectivity index (χ4n) is 6.62. The van der Waals surface area contributed by atoms with E-state index in [1.54, 1.807) is 0 Å². The van der Waals surface area contributed by atoms with Crippen LogP contribution in [0.3, 0.4) is 0 Å².